The molecule has 4 nitrogen and oxygen atoms in total. The number of pyridine rings is 1. The summed E-state index contributed by atoms with van der Waals surface area (Å²) >= 11 is 0. The summed E-state index contributed by atoms with van der Waals surface area (Å²) in [5, 5.41) is 12.3. The normalized spacial score (nSPS) is 21.5. The number of benzene rings is 1. The topological polar surface area (TPSA) is 52.0 Å². The number of aromatic nitrogens is 1. The zero-order chi connectivity index (χ0) is 15.4. The van der Waals surface area contributed by atoms with Gasteiger partial charge in [0.2, 0.25) is 0 Å². The Morgan fingerprint density at radius 1 is 1.23 bits per heavy atom. The van der Waals surface area contributed by atoms with E-state index in [0.29, 0.717) is 17.7 Å². The fourth-order valence-corrected chi connectivity index (χ4v) is 2.99. The van der Waals surface area contributed by atoms with E-state index in [-0.39, 0.29) is 0 Å². The van der Waals surface area contributed by atoms with Crippen molar-refractivity contribution >= 4 is 5.69 Å². The highest BCUT2D eigenvalue weighted by molar-refractivity contribution is 5.44. The molecule has 4 heteroatoms. The summed E-state index contributed by atoms with van der Waals surface area (Å²) in [5.41, 5.74) is 2.79. The minimum atomic E-state index is 0.415. The molecule has 2 aromatic rings. The number of nitrogens with one attached hydrogen (secondary N) is 1. The van der Waals surface area contributed by atoms with Crippen molar-refractivity contribution < 1.29 is 0 Å². The molecule has 22 heavy (non-hydrogen) atoms. The largest absolute Gasteiger partial charge is 0.379 e. The average molecular weight is 292 g/mol. The van der Waals surface area contributed by atoms with Crippen LogP contribution in [-0.2, 0) is 6.54 Å². The number of rotatable bonds is 4. The van der Waals surface area contributed by atoms with E-state index in [0.717, 1.165) is 25.3 Å². The van der Waals surface area contributed by atoms with Gasteiger partial charge in [0, 0.05) is 25.7 Å². The van der Waals surface area contributed by atoms with E-state index >= 15 is 0 Å². The maximum Gasteiger partial charge on any atom is 0.140 e. The highest BCUT2D eigenvalue weighted by Gasteiger charge is 2.29. The Labute approximate surface area is 131 Å². The third kappa shape index (κ3) is 3.44. The highest BCUT2D eigenvalue weighted by Crippen LogP contribution is 2.22. The predicted octanol–water partition coefficient (Wildman–Crippen LogP) is 2.89. The lowest BCUT2D eigenvalue weighted by Gasteiger charge is -2.18. The van der Waals surface area contributed by atoms with E-state index < -0.39 is 0 Å². The van der Waals surface area contributed by atoms with Gasteiger partial charge in [-0.3, -0.25) is 4.90 Å². The lowest BCUT2D eigenvalue weighted by molar-refractivity contribution is 0.319. The van der Waals surface area contributed by atoms with Crippen molar-refractivity contribution in [2.45, 2.75) is 19.5 Å². The van der Waals surface area contributed by atoms with E-state index in [1.807, 2.05) is 12.1 Å². The number of nitrogens with zero attached hydrogens (tertiary/aromatic N) is 3. The Bertz CT molecular complexity index is 645. The molecule has 112 valence electrons. The van der Waals surface area contributed by atoms with Crippen molar-refractivity contribution in [3.05, 3.63) is 59.9 Å². The maximum absolute atomic E-state index is 8.79. The van der Waals surface area contributed by atoms with Crippen molar-refractivity contribution in [2.24, 2.45) is 5.92 Å². The van der Waals surface area contributed by atoms with Crippen LogP contribution < -0.4 is 5.32 Å². The molecule has 0 aliphatic carbocycles. The quantitative estimate of drug-likeness (QED) is 0.941. The van der Waals surface area contributed by atoms with Crippen molar-refractivity contribution in [3.8, 4) is 6.07 Å². The molecule has 2 heterocycles. The number of likely N-dealkylation sites (tertiary alicyclic amines) is 1. The molecule has 1 aromatic heterocycles. The van der Waals surface area contributed by atoms with Crippen molar-refractivity contribution in [3.63, 3.8) is 0 Å². The fourth-order valence-electron chi connectivity index (χ4n) is 2.99. The minimum absolute atomic E-state index is 0.415. The molecule has 1 aliphatic rings. The molecule has 1 aliphatic heterocycles. The van der Waals surface area contributed by atoms with Crippen LogP contribution in [0, 0.1) is 17.2 Å². The third-order valence-electron chi connectivity index (χ3n) is 4.17. The van der Waals surface area contributed by atoms with Crippen LogP contribution in [0.25, 0.3) is 0 Å². The molecule has 1 fully saturated rings. The Balaban J connectivity index is 1.59. The number of anilines is 1. The first-order chi connectivity index (χ1) is 10.7. The van der Waals surface area contributed by atoms with Gasteiger partial charge in [-0.1, -0.05) is 37.3 Å². The summed E-state index contributed by atoms with van der Waals surface area (Å²) in [6, 6.07) is 16.7. The van der Waals surface area contributed by atoms with Gasteiger partial charge in [0.1, 0.15) is 11.8 Å². The number of hydrogen-bond donors (Lipinski definition) is 1. The van der Waals surface area contributed by atoms with Gasteiger partial charge in [0.25, 0.3) is 0 Å². The van der Waals surface area contributed by atoms with Crippen LogP contribution in [0.4, 0.5) is 5.69 Å². The zero-order valence-electron chi connectivity index (χ0n) is 12.7. The summed E-state index contributed by atoms with van der Waals surface area (Å²) in [5.74, 6) is 0.583. The van der Waals surface area contributed by atoms with Crippen LogP contribution in [0.15, 0.2) is 48.7 Å². The molecule has 0 radical (unpaired) electrons. The third-order valence-corrected chi connectivity index (χ3v) is 4.17. The predicted molar refractivity (Wildman–Crippen MR) is 87.2 cm³/mol. The van der Waals surface area contributed by atoms with Crippen molar-refractivity contribution in [1.82, 2.24) is 9.88 Å². The van der Waals surface area contributed by atoms with Gasteiger partial charge in [-0.25, -0.2) is 4.98 Å². The zero-order valence-corrected chi connectivity index (χ0v) is 12.7. The molecule has 0 spiro atoms. The Morgan fingerprint density at radius 3 is 2.73 bits per heavy atom. The molecule has 1 N–H and O–H groups in total. The number of nitriles is 1. The van der Waals surface area contributed by atoms with Gasteiger partial charge in [-0.15, -0.1) is 0 Å². The standard InChI is InChI=1S/C18H20N4/c1-14-11-22(12-15-5-3-2-4-6-15)13-18(14)21-17-8-7-16(9-19)20-10-17/h2-8,10,14,18,21H,11-13H2,1H3. The minimum Gasteiger partial charge on any atom is -0.379 e. The molecule has 0 saturated carbocycles. The first-order valence-corrected chi connectivity index (χ1v) is 7.63. The first-order valence-electron chi connectivity index (χ1n) is 7.63. The van der Waals surface area contributed by atoms with Gasteiger partial charge in [-0.2, -0.15) is 5.26 Å². The Hall–Kier alpha value is -2.38. The molecule has 1 aromatic carbocycles. The molecule has 0 amide bonds. The summed E-state index contributed by atoms with van der Waals surface area (Å²) in [6.07, 6.45) is 1.74. The second-order valence-corrected chi connectivity index (χ2v) is 5.95. The molecule has 3 rings (SSSR count). The smallest absolute Gasteiger partial charge is 0.140 e. The highest BCUT2D eigenvalue weighted by atomic mass is 15.2. The summed E-state index contributed by atoms with van der Waals surface area (Å²) in [7, 11) is 0. The van der Waals surface area contributed by atoms with Crippen molar-refractivity contribution in [1.29, 1.82) is 5.26 Å². The molecular formula is C18H20N4. The van der Waals surface area contributed by atoms with Gasteiger partial charge in [0.15, 0.2) is 0 Å². The lowest BCUT2D eigenvalue weighted by atomic mass is 10.1. The van der Waals surface area contributed by atoms with E-state index in [4.69, 9.17) is 5.26 Å². The summed E-state index contributed by atoms with van der Waals surface area (Å²) < 4.78 is 0. The van der Waals surface area contributed by atoms with Crippen LogP contribution in [0.5, 0.6) is 0 Å². The van der Waals surface area contributed by atoms with E-state index in [9.17, 15) is 0 Å². The van der Waals surface area contributed by atoms with Gasteiger partial charge >= 0.3 is 0 Å². The first kappa shape index (κ1) is 14.6. The monoisotopic (exact) mass is 292 g/mol. The van der Waals surface area contributed by atoms with Crippen LogP contribution in [0.2, 0.25) is 0 Å². The van der Waals surface area contributed by atoms with Crippen LogP contribution in [0.1, 0.15) is 18.2 Å². The van der Waals surface area contributed by atoms with Crippen molar-refractivity contribution in [2.75, 3.05) is 18.4 Å². The summed E-state index contributed by atoms with van der Waals surface area (Å²) in [4.78, 5) is 6.59. The second-order valence-electron chi connectivity index (χ2n) is 5.95. The van der Waals surface area contributed by atoms with E-state index in [2.05, 4.69) is 52.5 Å². The fraction of sp³-hybridized carbons (Fsp3) is 0.333. The van der Waals surface area contributed by atoms with Crippen LogP contribution in [-0.4, -0.2) is 29.0 Å². The maximum atomic E-state index is 8.79. The Kier molecular flexibility index (Phi) is 4.36. The molecule has 2 atom stereocenters. The van der Waals surface area contributed by atoms with Crippen LogP contribution in [0.3, 0.4) is 0 Å². The van der Waals surface area contributed by atoms with E-state index in [1.54, 1.807) is 12.3 Å². The second kappa shape index (κ2) is 6.59. The average Bonchev–Trinajstić information content (AvgIpc) is 2.88. The molecule has 0 bridgehead atoms. The van der Waals surface area contributed by atoms with Gasteiger partial charge in [0.05, 0.1) is 11.9 Å². The Morgan fingerprint density at radius 2 is 2.05 bits per heavy atom. The van der Waals surface area contributed by atoms with Crippen LogP contribution >= 0.6 is 0 Å². The SMILES string of the molecule is CC1CN(Cc2ccccc2)CC1Nc1ccc(C#N)nc1. The lowest BCUT2D eigenvalue weighted by Crippen LogP contribution is -2.28. The molecule has 1 saturated heterocycles. The van der Waals surface area contributed by atoms with E-state index in [1.165, 1.54) is 5.56 Å². The summed E-state index contributed by atoms with van der Waals surface area (Å²) in [6.45, 7) is 5.39. The van der Waals surface area contributed by atoms with Gasteiger partial charge in [-0.05, 0) is 23.6 Å². The number of hydrogen-bond acceptors (Lipinski definition) is 4. The van der Waals surface area contributed by atoms with Gasteiger partial charge < -0.3 is 5.32 Å². The molecular weight excluding hydrogens is 272 g/mol. The molecule has 2 unspecified atom stereocenters.